The number of rotatable bonds is 6. The molecule has 0 saturated heterocycles. The maximum Gasteiger partial charge on any atom is 0.336 e. The van der Waals surface area contributed by atoms with Crippen molar-refractivity contribution in [3.63, 3.8) is 0 Å². The van der Waals surface area contributed by atoms with E-state index in [0.29, 0.717) is 0 Å². The second-order valence-electron chi connectivity index (χ2n) is 4.66. The zero-order chi connectivity index (χ0) is 17.4. The lowest BCUT2D eigenvalue weighted by atomic mass is 10.2. The summed E-state index contributed by atoms with van der Waals surface area (Å²) >= 11 is 0. The molecular weight excluding hydrogens is 310 g/mol. The fourth-order valence-electron chi connectivity index (χ4n) is 1.80. The van der Waals surface area contributed by atoms with Crippen LogP contribution in [0.1, 0.15) is 5.56 Å². The molecule has 0 amide bonds. The van der Waals surface area contributed by atoms with Crippen LogP contribution in [0.25, 0.3) is 6.08 Å². The molecule has 0 aliphatic rings. The highest BCUT2D eigenvalue weighted by molar-refractivity contribution is 5.84. The number of methoxy groups -OCH3 is 1. The van der Waals surface area contributed by atoms with Crippen molar-refractivity contribution in [2.24, 2.45) is 0 Å². The number of carbonyl (C=O) groups is 1. The van der Waals surface area contributed by atoms with Gasteiger partial charge in [0, 0.05) is 18.2 Å². The van der Waals surface area contributed by atoms with Gasteiger partial charge in [0.2, 0.25) is 0 Å². The molecule has 2 rings (SSSR count). The van der Waals surface area contributed by atoms with Crippen molar-refractivity contribution in [1.82, 2.24) is 0 Å². The number of nitro benzene ring substituents is 1. The lowest BCUT2D eigenvalue weighted by Crippen LogP contribution is -2.03. The molecule has 0 fully saturated rings. The Morgan fingerprint density at radius 2 is 1.62 bits per heavy atom. The molecule has 0 aromatic heterocycles. The lowest BCUT2D eigenvalue weighted by Gasteiger charge is -2.00. The van der Waals surface area contributed by atoms with Crippen LogP contribution in [-0.4, -0.2) is 18.0 Å². The average molecular weight is 325 g/mol. The van der Waals surface area contributed by atoms with Crippen molar-refractivity contribution in [3.05, 3.63) is 82.4 Å². The zero-order valence-corrected chi connectivity index (χ0v) is 12.9. The Balaban J connectivity index is 1.87. The summed E-state index contributed by atoms with van der Waals surface area (Å²) in [6, 6.07) is 12.7. The molecule has 0 bridgehead atoms. The smallest absolute Gasteiger partial charge is 0.336 e. The first-order valence-corrected chi connectivity index (χ1v) is 7.03. The third-order valence-corrected chi connectivity index (χ3v) is 3.01. The summed E-state index contributed by atoms with van der Waals surface area (Å²) in [5, 5.41) is 10.5. The highest BCUT2D eigenvalue weighted by Crippen LogP contribution is 2.17. The van der Waals surface area contributed by atoms with E-state index in [2.05, 4.69) is 0 Å². The van der Waals surface area contributed by atoms with Gasteiger partial charge in [-0.05, 0) is 29.8 Å². The summed E-state index contributed by atoms with van der Waals surface area (Å²) in [6.45, 7) is 0. The van der Waals surface area contributed by atoms with Gasteiger partial charge in [-0.1, -0.05) is 30.4 Å². The van der Waals surface area contributed by atoms with Crippen molar-refractivity contribution in [3.8, 4) is 11.5 Å². The summed E-state index contributed by atoms with van der Waals surface area (Å²) in [4.78, 5) is 21.6. The van der Waals surface area contributed by atoms with Crippen LogP contribution in [0.3, 0.4) is 0 Å². The van der Waals surface area contributed by atoms with Crippen molar-refractivity contribution in [2.45, 2.75) is 0 Å². The number of ether oxygens (including phenoxy) is 2. The van der Waals surface area contributed by atoms with E-state index < -0.39 is 10.9 Å². The number of benzene rings is 2. The van der Waals surface area contributed by atoms with Gasteiger partial charge in [-0.2, -0.15) is 0 Å². The van der Waals surface area contributed by atoms with Crippen LogP contribution < -0.4 is 9.47 Å². The van der Waals surface area contributed by atoms with E-state index in [9.17, 15) is 14.9 Å². The van der Waals surface area contributed by atoms with Gasteiger partial charge in [0.15, 0.2) is 0 Å². The maximum absolute atomic E-state index is 11.6. The molecule has 0 spiro atoms. The molecule has 2 aromatic rings. The number of nitro groups is 1. The van der Waals surface area contributed by atoms with E-state index in [-0.39, 0.29) is 11.4 Å². The van der Waals surface area contributed by atoms with Crippen LogP contribution in [0.5, 0.6) is 11.5 Å². The van der Waals surface area contributed by atoms with Crippen LogP contribution in [0, 0.1) is 10.1 Å². The molecule has 0 saturated carbocycles. The molecule has 0 atom stereocenters. The first kappa shape index (κ1) is 17.0. The molecule has 122 valence electrons. The van der Waals surface area contributed by atoms with Crippen LogP contribution >= 0.6 is 0 Å². The summed E-state index contributed by atoms with van der Waals surface area (Å²) in [5.41, 5.74) is 0.900. The molecular formula is C18H15NO5. The Kier molecular flexibility index (Phi) is 5.85. The van der Waals surface area contributed by atoms with Gasteiger partial charge in [0.25, 0.3) is 5.69 Å². The van der Waals surface area contributed by atoms with Gasteiger partial charge < -0.3 is 9.47 Å². The van der Waals surface area contributed by atoms with Gasteiger partial charge in [-0.3, -0.25) is 10.1 Å². The maximum atomic E-state index is 11.6. The third kappa shape index (κ3) is 5.10. The van der Waals surface area contributed by atoms with E-state index in [1.165, 1.54) is 30.3 Å². The highest BCUT2D eigenvalue weighted by atomic mass is 16.6. The van der Waals surface area contributed by atoms with Crippen LogP contribution in [0.4, 0.5) is 5.69 Å². The zero-order valence-electron chi connectivity index (χ0n) is 12.9. The highest BCUT2D eigenvalue weighted by Gasteiger charge is 2.05. The van der Waals surface area contributed by atoms with Gasteiger partial charge in [-0.15, -0.1) is 0 Å². The predicted octanol–water partition coefficient (Wildman–Crippen LogP) is 3.78. The molecule has 6 heteroatoms. The Morgan fingerprint density at radius 1 is 1.00 bits per heavy atom. The largest absolute Gasteiger partial charge is 0.497 e. The number of hydrogen-bond donors (Lipinski definition) is 0. The third-order valence-electron chi connectivity index (χ3n) is 3.01. The molecule has 0 unspecified atom stereocenters. The molecule has 0 radical (unpaired) electrons. The fourth-order valence-corrected chi connectivity index (χ4v) is 1.80. The summed E-state index contributed by atoms with van der Waals surface area (Å²) in [5.74, 6) is 0.451. The van der Waals surface area contributed by atoms with Gasteiger partial charge in [0.1, 0.15) is 11.5 Å². The number of hydrogen-bond acceptors (Lipinski definition) is 5. The monoisotopic (exact) mass is 325 g/mol. The average Bonchev–Trinajstić information content (AvgIpc) is 2.59. The lowest BCUT2D eigenvalue weighted by molar-refractivity contribution is -0.384. The van der Waals surface area contributed by atoms with Gasteiger partial charge in [0.05, 0.1) is 12.0 Å². The molecule has 0 heterocycles. The van der Waals surface area contributed by atoms with Crippen molar-refractivity contribution >= 4 is 17.7 Å². The molecule has 0 aliphatic heterocycles. The Morgan fingerprint density at radius 3 is 2.21 bits per heavy atom. The minimum absolute atomic E-state index is 0.0623. The van der Waals surface area contributed by atoms with E-state index in [0.717, 1.165) is 11.3 Å². The molecule has 24 heavy (non-hydrogen) atoms. The van der Waals surface area contributed by atoms with Crippen molar-refractivity contribution < 1.29 is 19.2 Å². The van der Waals surface area contributed by atoms with Gasteiger partial charge in [-0.25, -0.2) is 4.79 Å². The second-order valence-corrected chi connectivity index (χ2v) is 4.66. The molecule has 0 aliphatic carbocycles. The fraction of sp³-hybridized carbons (Fsp3) is 0.0556. The number of non-ortho nitro benzene ring substituents is 1. The standard InChI is InChI=1S/C18H15NO5/c1-23-16-10-6-14(7-11-16)4-2-3-5-18(20)24-17-12-8-15(9-13-17)19(21)22/h2-13H,1H3. The number of esters is 1. The second kappa shape index (κ2) is 8.28. The van der Waals surface area contributed by atoms with Gasteiger partial charge >= 0.3 is 5.97 Å². The normalized spacial score (nSPS) is 10.9. The predicted molar refractivity (Wildman–Crippen MR) is 89.9 cm³/mol. The Labute approximate surface area is 138 Å². The summed E-state index contributed by atoms with van der Waals surface area (Å²) in [7, 11) is 1.60. The number of nitrogens with zero attached hydrogens (tertiary/aromatic N) is 1. The van der Waals surface area contributed by atoms with Crippen LogP contribution in [0.15, 0.2) is 66.8 Å². The topological polar surface area (TPSA) is 78.7 Å². The number of allylic oxidation sites excluding steroid dienone is 2. The first-order chi connectivity index (χ1) is 11.6. The minimum Gasteiger partial charge on any atom is -0.497 e. The molecule has 2 aromatic carbocycles. The van der Waals surface area contributed by atoms with Crippen molar-refractivity contribution in [2.75, 3.05) is 7.11 Å². The Hall–Kier alpha value is -3.41. The summed E-state index contributed by atoms with van der Waals surface area (Å²) in [6.07, 6.45) is 6.35. The minimum atomic E-state index is -0.566. The van der Waals surface area contributed by atoms with E-state index >= 15 is 0 Å². The van der Waals surface area contributed by atoms with Crippen molar-refractivity contribution in [1.29, 1.82) is 0 Å². The van der Waals surface area contributed by atoms with E-state index in [4.69, 9.17) is 9.47 Å². The first-order valence-electron chi connectivity index (χ1n) is 7.03. The van der Waals surface area contributed by atoms with E-state index in [1.54, 1.807) is 19.3 Å². The SMILES string of the molecule is COc1ccc(C=CC=CC(=O)Oc2ccc([N+](=O)[O-])cc2)cc1. The molecule has 6 nitrogen and oxygen atoms in total. The van der Waals surface area contributed by atoms with Crippen LogP contribution in [0.2, 0.25) is 0 Å². The Bertz CT molecular complexity index is 761. The number of carbonyl (C=O) groups excluding carboxylic acids is 1. The van der Waals surface area contributed by atoms with E-state index in [1.807, 2.05) is 30.3 Å². The van der Waals surface area contributed by atoms with Crippen LogP contribution in [-0.2, 0) is 4.79 Å². The summed E-state index contributed by atoms with van der Waals surface area (Å²) < 4.78 is 10.1. The molecule has 0 N–H and O–H groups in total. The quantitative estimate of drug-likeness (QED) is 0.202.